The Labute approximate surface area is 104 Å². The lowest BCUT2D eigenvalue weighted by molar-refractivity contribution is -0.387. The van der Waals surface area contributed by atoms with Gasteiger partial charge in [0.25, 0.3) is 5.91 Å². The number of nitro benzene ring substituents is 1. The maximum Gasteiger partial charge on any atom is 0.316 e. The summed E-state index contributed by atoms with van der Waals surface area (Å²) in [6.07, 6.45) is -3.47. The first-order chi connectivity index (χ1) is 8.81. The van der Waals surface area contributed by atoms with Crippen LogP contribution in [0, 0.1) is 21.7 Å². The van der Waals surface area contributed by atoms with Gasteiger partial charge in [-0.2, -0.15) is 13.2 Å². The van der Waals surface area contributed by atoms with Gasteiger partial charge >= 0.3 is 12.1 Å². The summed E-state index contributed by atoms with van der Waals surface area (Å²) in [6, 6.07) is 1.09. The number of nitrogens with zero attached hydrogens (tertiary/aromatic N) is 2. The van der Waals surface area contributed by atoms with E-state index in [0.717, 1.165) is 0 Å². The van der Waals surface area contributed by atoms with Crippen molar-refractivity contribution in [3.05, 3.63) is 33.9 Å². The molecule has 0 bridgehead atoms. The molecule has 0 unspecified atom stereocenters. The Bertz CT molecular complexity index is 522. The average molecular weight is 280 g/mol. The molecule has 0 aliphatic rings. The minimum atomic E-state index is -3.47. The molecule has 104 valence electrons. The molecule has 0 aromatic heterocycles. The van der Waals surface area contributed by atoms with E-state index >= 15 is 0 Å². The van der Waals surface area contributed by atoms with Gasteiger partial charge in [0.2, 0.25) is 5.82 Å². The standard InChI is InChI=1S/C10H8F4N2O3/c1-2-15(10(17)9(13)14)8-5(11)3-4-6(7(8)12)16(18)19/h3-4,9H,2H2,1H3. The molecule has 0 atom stereocenters. The van der Waals surface area contributed by atoms with Crippen molar-refractivity contribution >= 4 is 17.3 Å². The number of nitro groups is 1. The minimum Gasteiger partial charge on any atom is -0.302 e. The number of benzene rings is 1. The third-order valence-corrected chi connectivity index (χ3v) is 2.28. The van der Waals surface area contributed by atoms with Crippen molar-refractivity contribution in [1.29, 1.82) is 0 Å². The van der Waals surface area contributed by atoms with Gasteiger partial charge in [0.15, 0.2) is 0 Å². The topological polar surface area (TPSA) is 63.5 Å². The normalized spacial score (nSPS) is 10.6. The van der Waals surface area contributed by atoms with Crippen LogP contribution in [0.25, 0.3) is 0 Å². The Morgan fingerprint density at radius 3 is 2.42 bits per heavy atom. The van der Waals surface area contributed by atoms with Crippen molar-refractivity contribution < 1.29 is 27.3 Å². The summed E-state index contributed by atoms with van der Waals surface area (Å²) in [5.74, 6) is -4.83. The van der Waals surface area contributed by atoms with E-state index in [1.165, 1.54) is 6.92 Å². The Balaban J connectivity index is 3.43. The van der Waals surface area contributed by atoms with Crippen LogP contribution in [0.5, 0.6) is 0 Å². The van der Waals surface area contributed by atoms with Crippen molar-refractivity contribution in [2.24, 2.45) is 0 Å². The van der Waals surface area contributed by atoms with Gasteiger partial charge in [0, 0.05) is 12.6 Å². The highest BCUT2D eigenvalue weighted by Crippen LogP contribution is 2.31. The van der Waals surface area contributed by atoms with Gasteiger partial charge in [0.1, 0.15) is 11.5 Å². The van der Waals surface area contributed by atoms with Crippen LogP contribution < -0.4 is 4.90 Å². The minimum absolute atomic E-state index is 0.127. The predicted octanol–water partition coefficient (Wildman–Crippen LogP) is 2.49. The Kier molecular flexibility index (Phi) is 4.41. The van der Waals surface area contributed by atoms with Gasteiger partial charge in [-0.15, -0.1) is 0 Å². The molecule has 9 heteroatoms. The third-order valence-electron chi connectivity index (χ3n) is 2.28. The first-order valence-electron chi connectivity index (χ1n) is 5.03. The average Bonchev–Trinajstić information content (AvgIpc) is 2.32. The molecular formula is C10H8F4N2O3. The molecule has 0 aliphatic heterocycles. The second-order valence-electron chi connectivity index (χ2n) is 3.37. The van der Waals surface area contributed by atoms with Gasteiger partial charge < -0.3 is 4.90 Å². The number of carbonyl (C=O) groups is 1. The zero-order valence-electron chi connectivity index (χ0n) is 9.57. The fraction of sp³-hybridized carbons (Fsp3) is 0.300. The number of carbonyl (C=O) groups excluding carboxylic acids is 1. The quantitative estimate of drug-likeness (QED) is 0.483. The Hall–Kier alpha value is -2.19. The van der Waals surface area contributed by atoms with Gasteiger partial charge in [-0.1, -0.05) is 0 Å². The lowest BCUT2D eigenvalue weighted by Gasteiger charge is -2.21. The smallest absolute Gasteiger partial charge is 0.302 e. The van der Waals surface area contributed by atoms with E-state index in [1.807, 2.05) is 0 Å². The molecule has 0 fully saturated rings. The highest BCUT2D eigenvalue weighted by Gasteiger charge is 2.31. The monoisotopic (exact) mass is 280 g/mol. The van der Waals surface area contributed by atoms with Crippen LogP contribution in [-0.4, -0.2) is 23.8 Å². The molecular weight excluding hydrogens is 272 g/mol. The van der Waals surface area contributed by atoms with Gasteiger partial charge in [0.05, 0.1) is 4.92 Å². The number of alkyl halides is 2. The molecule has 0 aliphatic carbocycles. The Morgan fingerprint density at radius 2 is 2.00 bits per heavy atom. The summed E-state index contributed by atoms with van der Waals surface area (Å²) in [5.41, 5.74) is -2.25. The molecule has 0 heterocycles. The second-order valence-corrected chi connectivity index (χ2v) is 3.37. The number of hydrogen-bond donors (Lipinski definition) is 0. The molecule has 1 rings (SSSR count). The van der Waals surface area contributed by atoms with E-state index in [9.17, 15) is 32.5 Å². The summed E-state index contributed by atoms with van der Waals surface area (Å²) in [5, 5.41) is 10.5. The first-order valence-corrected chi connectivity index (χ1v) is 5.03. The number of hydrogen-bond acceptors (Lipinski definition) is 3. The molecule has 1 amide bonds. The largest absolute Gasteiger partial charge is 0.316 e. The Morgan fingerprint density at radius 1 is 1.42 bits per heavy atom. The highest BCUT2D eigenvalue weighted by atomic mass is 19.3. The maximum atomic E-state index is 13.7. The van der Waals surface area contributed by atoms with E-state index in [-0.39, 0.29) is 4.90 Å². The summed E-state index contributed by atoms with van der Waals surface area (Å²) in [7, 11) is 0. The first kappa shape index (κ1) is 14.9. The molecule has 19 heavy (non-hydrogen) atoms. The van der Waals surface area contributed by atoms with E-state index < -0.39 is 46.8 Å². The number of amides is 1. The van der Waals surface area contributed by atoms with Crippen LogP contribution in [0.2, 0.25) is 0 Å². The van der Waals surface area contributed by atoms with Crippen LogP contribution in [0.15, 0.2) is 12.1 Å². The van der Waals surface area contributed by atoms with Crippen LogP contribution in [-0.2, 0) is 4.79 Å². The van der Waals surface area contributed by atoms with Gasteiger partial charge in [-0.25, -0.2) is 4.39 Å². The van der Waals surface area contributed by atoms with Gasteiger partial charge in [-0.3, -0.25) is 14.9 Å². The zero-order valence-corrected chi connectivity index (χ0v) is 9.57. The molecule has 5 nitrogen and oxygen atoms in total. The number of anilines is 1. The number of halogens is 4. The van der Waals surface area contributed by atoms with Crippen LogP contribution in [0.3, 0.4) is 0 Å². The van der Waals surface area contributed by atoms with Crippen molar-refractivity contribution in [3.8, 4) is 0 Å². The summed E-state index contributed by atoms with van der Waals surface area (Å²) in [6.45, 7) is 0.746. The summed E-state index contributed by atoms with van der Waals surface area (Å²) < 4.78 is 51.8. The fourth-order valence-electron chi connectivity index (χ4n) is 1.46. The van der Waals surface area contributed by atoms with Crippen LogP contribution in [0.1, 0.15) is 6.92 Å². The van der Waals surface area contributed by atoms with E-state index in [4.69, 9.17) is 0 Å². The lowest BCUT2D eigenvalue weighted by Crippen LogP contribution is -2.36. The highest BCUT2D eigenvalue weighted by molar-refractivity contribution is 5.96. The van der Waals surface area contributed by atoms with E-state index in [2.05, 4.69) is 0 Å². The summed E-state index contributed by atoms with van der Waals surface area (Å²) >= 11 is 0. The SMILES string of the molecule is CCN(C(=O)C(F)F)c1c(F)ccc([N+](=O)[O-])c1F. The van der Waals surface area contributed by atoms with E-state index in [1.54, 1.807) is 0 Å². The molecule has 0 radical (unpaired) electrons. The van der Waals surface area contributed by atoms with Crippen LogP contribution >= 0.6 is 0 Å². The van der Waals surface area contributed by atoms with Crippen molar-refractivity contribution in [2.75, 3.05) is 11.4 Å². The van der Waals surface area contributed by atoms with Crippen molar-refractivity contribution in [1.82, 2.24) is 0 Å². The predicted molar refractivity (Wildman–Crippen MR) is 57.0 cm³/mol. The fourth-order valence-corrected chi connectivity index (χ4v) is 1.46. The second kappa shape index (κ2) is 5.63. The lowest BCUT2D eigenvalue weighted by atomic mass is 10.2. The molecule has 1 aromatic rings. The molecule has 0 saturated heterocycles. The maximum absolute atomic E-state index is 13.7. The third kappa shape index (κ3) is 2.80. The molecule has 0 N–H and O–H groups in total. The number of rotatable bonds is 4. The molecule has 0 saturated carbocycles. The van der Waals surface area contributed by atoms with Crippen molar-refractivity contribution in [3.63, 3.8) is 0 Å². The zero-order chi connectivity index (χ0) is 14.7. The van der Waals surface area contributed by atoms with E-state index in [0.29, 0.717) is 12.1 Å². The molecule has 1 aromatic carbocycles. The van der Waals surface area contributed by atoms with Gasteiger partial charge in [-0.05, 0) is 13.0 Å². The molecule has 0 spiro atoms. The van der Waals surface area contributed by atoms with Crippen LogP contribution in [0.4, 0.5) is 28.9 Å². The summed E-state index contributed by atoms with van der Waals surface area (Å²) in [4.78, 5) is 20.6. The van der Waals surface area contributed by atoms with Crippen molar-refractivity contribution in [2.45, 2.75) is 13.3 Å².